The number of hydrogen-bond donors (Lipinski definition) is 1. The van der Waals surface area contributed by atoms with Crippen LogP contribution in [-0.2, 0) is 4.74 Å². The van der Waals surface area contributed by atoms with Crippen LogP contribution in [0.4, 0.5) is 14.9 Å². The highest BCUT2D eigenvalue weighted by molar-refractivity contribution is 5.99. The number of benzene rings is 2. The summed E-state index contributed by atoms with van der Waals surface area (Å²) in [5, 5.41) is 3.39. The van der Waals surface area contributed by atoms with Gasteiger partial charge in [0.05, 0.1) is 6.61 Å². The van der Waals surface area contributed by atoms with E-state index in [2.05, 4.69) is 5.32 Å². The number of halogens is 1. The Morgan fingerprint density at radius 2 is 1.83 bits per heavy atom. The Kier molecular flexibility index (Phi) is 5.38. The highest BCUT2D eigenvalue weighted by atomic mass is 19.1. The van der Waals surface area contributed by atoms with E-state index in [1.807, 2.05) is 29.2 Å². The average Bonchev–Trinajstić information content (AvgIpc) is 3.02. The van der Waals surface area contributed by atoms with Gasteiger partial charge in [0.1, 0.15) is 12.0 Å². The van der Waals surface area contributed by atoms with Gasteiger partial charge < -0.3 is 19.9 Å². The van der Waals surface area contributed by atoms with Gasteiger partial charge in [-0.1, -0.05) is 18.2 Å². The number of carbonyl (C=O) groups is 2. The van der Waals surface area contributed by atoms with Gasteiger partial charge in [-0.3, -0.25) is 4.79 Å². The maximum atomic E-state index is 13.3. The molecule has 0 spiro atoms. The lowest BCUT2D eigenvalue weighted by atomic mass is 10.0. The molecule has 2 aliphatic rings. The van der Waals surface area contributed by atoms with E-state index >= 15 is 0 Å². The smallest absolute Gasteiger partial charge is 0.409 e. The van der Waals surface area contributed by atoms with Crippen LogP contribution in [0.3, 0.4) is 0 Å². The zero-order chi connectivity index (χ0) is 20.4. The molecule has 0 bridgehead atoms. The van der Waals surface area contributed by atoms with Crippen LogP contribution in [0.5, 0.6) is 0 Å². The van der Waals surface area contributed by atoms with Crippen LogP contribution in [0.15, 0.2) is 48.5 Å². The highest BCUT2D eigenvalue weighted by Gasteiger charge is 2.42. The monoisotopic (exact) mass is 397 g/mol. The number of fused-ring (bicyclic) bond motifs is 1. The number of anilines is 1. The number of rotatable bonds is 4. The standard InChI is InChI=1S/C22H24FN3O3/c1-2-29-22(28)25-13-11-17(12-14-25)26-20(24-16-9-7-15(23)8-10-16)18-5-3-4-6-19(18)21(26)27/h3-10,17,20,24H,2,11-14H2,1H3. The predicted molar refractivity (Wildman–Crippen MR) is 107 cm³/mol. The zero-order valence-electron chi connectivity index (χ0n) is 16.3. The molecular weight excluding hydrogens is 373 g/mol. The van der Waals surface area contributed by atoms with Crippen molar-refractivity contribution in [2.75, 3.05) is 25.0 Å². The lowest BCUT2D eigenvalue weighted by Crippen LogP contribution is -2.49. The Balaban J connectivity index is 1.55. The number of hydrogen-bond acceptors (Lipinski definition) is 4. The number of likely N-dealkylation sites (tertiary alicyclic amines) is 1. The predicted octanol–water partition coefficient (Wildman–Crippen LogP) is 4.01. The molecule has 29 heavy (non-hydrogen) atoms. The second-order valence-electron chi connectivity index (χ2n) is 7.27. The maximum absolute atomic E-state index is 13.3. The van der Waals surface area contributed by atoms with E-state index in [9.17, 15) is 14.0 Å². The minimum Gasteiger partial charge on any atom is -0.450 e. The minimum atomic E-state index is -0.330. The summed E-state index contributed by atoms with van der Waals surface area (Å²) in [7, 11) is 0. The van der Waals surface area contributed by atoms with Crippen molar-refractivity contribution in [2.24, 2.45) is 0 Å². The van der Waals surface area contributed by atoms with Gasteiger partial charge >= 0.3 is 6.09 Å². The summed E-state index contributed by atoms with van der Waals surface area (Å²) in [6.45, 7) is 3.23. The SMILES string of the molecule is CCOC(=O)N1CCC(N2C(=O)c3ccccc3C2Nc2ccc(F)cc2)CC1. The van der Waals surface area contributed by atoms with E-state index in [1.165, 1.54) is 12.1 Å². The highest BCUT2D eigenvalue weighted by Crippen LogP contribution is 2.38. The van der Waals surface area contributed by atoms with Gasteiger partial charge in [-0.15, -0.1) is 0 Å². The summed E-state index contributed by atoms with van der Waals surface area (Å²) >= 11 is 0. The van der Waals surface area contributed by atoms with Crippen molar-refractivity contribution in [3.63, 3.8) is 0 Å². The largest absolute Gasteiger partial charge is 0.450 e. The van der Waals surface area contributed by atoms with Crippen molar-refractivity contribution in [3.05, 3.63) is 65.5 Å². The molecule has 1 fully saturated rings. The van der Waals surface area contributed by atoms with Crippen LogP contribution in [0, 0.1) is 5.82 Å². The number of amides is 2. The first-order valence-electron chi connectivity index (χ1n) is 9.94. The van der Waals surface area contributed by atoms with Gasteiger partial charge in [-0.25, -0.2) is 9.18 Å². The molecule has 152 valence electrons. The molecule has 2 aromatic carbocycles. The molecule has 2 amide bonds. The Morgan fingerprint density at radius 1 is 1.14 bits per heavy atom. The van der Waals surface area contributed by atoms with E-state index < -0.39 is 0 Å². The average molecular weight is 397 g/mol. The van der Waals surface area contributed by atoms with Crippen molar-refractivity contribution in [1.82, 2.24) is 9.80 Å². The van der Waals surface area contributed by atoms with Gasteiger partial charge in [-0.05, 0) is 50.1 Å². The van der Waals surface area contributed by atoms with E-state index in [0.717, 1.165) is 11.3 Å². The van der Waals surface area contributed by atoms with Crippen LogP contribution in [0.1, 0.15) is 41.9 Å². The molecule has 1 N–H and O–H groups in total. The lowest BCUT2D eigenvalue weighted by Gasteiger charge is -2.39. The first-order valence-corrected chi connectivity index (χ1v) is 9.94. The molecule has 4 rings (SSSR count). The first-order chi connectivity index (χ1) is 14.1. The molecule has 1 saturated heterocycles. The quantitative estimate of drug-likeness (QED) is 0.847. The van der Waals surface area contributed by atoms with E-state index in [-0.39, 0.29) is 30.0 Å². The summed E-state index contributed by atoms with van der Waals surface area (Å²) in [4.78, 5) is 28.7. The van der Waals surface area contributed by atoms with Crippen LogP contribution in [0.25, 0.3) is 0 Å². The van der Waals surface area contributed by atoms with Gasteiger partial charge in [-0.2, -0.15) is 0 Å². The van der Waals surface area contributed by atoms with Gasteiger partial charge in [0.25, 0.3) is 5.91 Å². The zero-order valence-corrected chi connectivity index (χ0v) is 16.3. The second-order valence-corrected chi connectivity index (χ2v) is 7.27. The number of ether oxygens (including phenoxy) is 1. The van der Waals surface area contributed by atoms with Crippen LogP contribution < -0.4 is 5.32 Å². The summed E-state index contributed by atoms with van der Waals surface area (Å²) in [6.07, 6.45) is 0.728. The van der Waals surface area contributed by atoms with Crippen molar-refractivity contribution in [3.8, 4) is 0 Å². The molecule has 0 aromatic heterocycles. The number of nitrogens with one attached hydrogen (secondary N) is 1. The molecule has 7 heteroatoms. The fraction of sp³-hybridized carbons (Fsp3) is 0.364. The Bertz CT molecular complexity index is 894. The van der Waals surface area contributed by atoms with Gasteiger partial charge in [0.15, 0.2) is 0 Å². The molecule has 0 aliphatic carbocycles. The summed E-state index contributed by atoms with van der Waals surface area (Å²) in [6, 6.07) is 13.7. The summed E-state index contributed by atoms with van der Waals surface area (Å²) < 4.78 is 18.4. The van der Waals surface area contributed by atoms with Crippen LogP contribution >= 0.6 is 0 Å². The third-order valence-electron chi connectivity index (χ3n) is 5.53. The van der Waals surface area contributed by atoms with Crippen molar-refractivity contribution in [2.45, 2.75) is 32.0 Å². The Hall–Kier alpha value is -3.09. The normalized spacial score (nSPS) is 19.2. The molecule has 1 unspecified atom stereocenters. The van der Waals surface area contributed by atoms with Crippen LogP contribution in [0.2, 0.25) is 0 Å². The maximum Gasteiger partial charge on any atom is 0.409 e. The number of carbonyl (C=O) groups excluding carboxylic acids is 2. The molecular formula is C22H24FN3O3. The van der Waals surface area contributed by atoms with Gasteiger partial charge in [0, 0.05) is 35.9 Å². The molecule has 6 nitrogen and oxygen atoms in total. The van der Waals surface area contributed by atoms with Crippen molar-refractivity contribution < 1.29 is 18.7 Å². The van der Waals surface area contributed by atoms with E-state index in [1.54, 1.807) is 24.0 Å². The fourth-order valence-electron chi connectivity index (χ4n) is 4.11. The van der Waals surface area contributed by atoms with Gasteiger partial charge in [0.2, 0.25) is 0 Å². The Morgan fingerprint density at radius 3 is 2.52 bits per heavy atom. The molecule has 1 atom stereocenters. The molecule has 0 saturated carbocycles. The lowest BCUT2D eigenvalue weighted by molar-refractivity contribution is 0.0496. The minimum absolute atomic E-state index is 0.00137. The first kappa shape index (κ1) is 19.2. The van der Waals surface area contributed by atoms with Crippen molar-refractivity contribution in [1.29, 1.82) is 0 Å². The van der Waals surface area contributed by atoms with E-state index in [4.69, 9.17) is 4.74 Å². The third-order valence-corrected chi connectivity index (χ3v) is 5.53. The van der Waals surface area contributed by atoms with E-state index in [0.29, 0.717) is 38.1 Å². The molecule has 0 radical (unpaired) electrons. The molecule has 2 heterocycles. The third kappa shape index (κ3) is 3.77. The number of nitrogens with zero attached hydrogens (tertiary/aromatic N) is 2. The summed E-state index contributed by atoms with van der Waals surface area (Å²) in [5.74, 6) is -0.323. The fourth-order valence-corrected chi connectivity index (χ4v) is 4.11. The topological polar surface area (TPSA) is 61.9 Å². The summed E-state index contributed by atoms with van der Waals surface area (Å²) in [5.41, 5.74) is 2.34. The molecule has 2 aliphatic heterocycles. The number of piperidine rings is 1. The van der Waals surface area contributed by atoms with Crippen molar-refractivity contribution >= 4 is 17.7 Å². The van der Waals surface area contributed by atoms with Crippen LogP contribution in [-0.4, -0.2) is 47.5 Å². The Labute approximate surface area is 169 Å². The second kappa shape index (κ2) is 8.11. The molecule has 2 aromatic rings.